The smallest absolute Gasteiger partial charge is 0.341 e. The van der Waals surface area contributed by atoms with Crippen LogP contribution in [-0.2, 0) is 9.59 Å². The van der Waals surface area contributed by atoms with Crippen molar-refractivity contribution in [3.8, 4) is 5.75 Å². The molecule has 148 valence electrons. The highest BCUT2D eigenvalue weighted by Crippen LogP contribution is 2.19. The molecule has 0 spiro atoms. The summed E-state index contributed by atoms with van der Waals surface area (Å²) in [5.74, 6) is -1.11. The lowest BCUT2D eigenvalue weighted by Crippen LogP contribution is -2.21. The number of anilines is 2. The molecule has 2 aromatic rings. The topological polar surface area (TPSA) is 105 Å². The molecular formula is C21H24N2O5. The number of carbonyl (C=O) groups excluding carboxylic acids is 2. The lowest BCUT2D eigenvalue weighted by Gasteiger charge is -2.13. The van der Waals surface area contributed by atoms with Gasteiger partial charge in [-0.2, -0.15) is 0 Å². The first-order chi connectivity index (χ1) is 13.4. The Hall–Kier alpha value is -3.35. The number of carbonyl (C=O) groups is 3. The fraction of sp³-hybridized carbons (Fsp3) is 0.286. The van der Waals surface area contributed by atoms with Crippen molar-refractivity contribution in [2.45, 2.75) is 26.7 Å². The minimum absolute atomic E-state index is 0.0274. The van der Waals surface area contributed by atoms with Gasteiger partial charge in [0.15, 0.2) is 6.61 Å². The van der Waals surface area contributed by atoms with E-state index in [0.717, 1.165) is 12.8 Å². The first-order valence-electron chi connectivity index (χ1n) is 9.09. The third kappa shape index (κ3) is 6.12. The first-order valence-corrected chi connectivity index (χ1v) is 9.09. The highest BCUT2D eigenvalue weighted by molar-refractivity contribution is 6.04. The molecule has 2 rings (SSSR count). The summed E-state index contributed by atoms with van der Waals surface area (Å²) < 4.78 is 5.09. The number of carboxylic acids is 1. The summed E-state index contributed by atoms with van der Waals surface area (Å²) in [4.78, 5) is 35.1. The zero-order valence-electron chi connectivity index (χ0n) is 15.9. The second-order valence-electron chi connectivity index (χ2n) is 6.24. The van der Waals surface area contributed by atoms with Crippen molar-refractivity contribution in [2.75, 3.05) is 17.2 Å². The van der Waals surface area contributed by atoms with Crippen molar-refractivity contribution < 1.29 is 24.2 Å². The number of ether oxygens (including phenoxy) is 1. The van der Waals surface area contributed by atoms with Gasteiger partial charge in [-0.1, -0.05) is 19.9 Å². The fourth-order valence-corrected chi connectivity index (χ4v) is 2.62. The van der Waals surface area contributed by atoms with E-state index in [-0.39, 0.29) is 17.7 Å². The summed E-state index contributed by atoms with van der Waals surface area (Å²) in [6.45, 7) is 3.49. The summed E-state index contributed by atoms with van der Waals surface area (Å²) >= 11 is 0. The zero-order valence-corrected chi connectivity index (χ0v) is 15.9. The van der Waals surface area contributed by atoms with Gasteiger partial charge >= 0.3 is 5.97 Å². The Bertz CT molecular complexity index is 829. The van der Waals surface area contributed by atoms with Gasteiger partial charge in [0.1, 0.15) is 5.75 Å². The molecule has 0 aromatic heterocycles. The monoisotopic (exact) mass is 384 g/mol. The van der Waals surface area contributed by atoms with Crippen LogP contribution in [0.1, 0.15) is 37.0 Å². The molecule has 0 radical (unpaired) electrons. The molecule has 0 atom stereocenters. The number of carboxylic acid groups (broad SMARTS) is 1. The van der Waals surface area contributed by atoms with E-state index < -0.39 is 12.6 Å². The summed E-state index contributed by atoms with van der Waals surface area (Å²) in [6.07, 6.45) is 1.55. The van der Waals surface area contributed by atoms with Gasteiger partial charge in [0.2, 0.25) is 5.91 Å². The van der Waals surface area contributed by atoms with Gasteiger partial charge in [-0.15, -0.1) is 0 Å². The second-order valence-corrected chi connectivity index (χ2v) is 6.24. The largest absolute Gasteiger partial charge is 0.482 e. The van der Waals surface area contributed by atoms with Crippen LogP contribution in [0.15, 0.2) is 48.5 Å². The van der Waals surface area contributed by atoms with Gasteiger partial charge in [0.05, 0.1) is 0 Å². The summed E-state index contributed by atoms with van der Waals surface area (Å²) in [7, 11) is 0. The second kappa shape index (κ2) is 10.1. The maximum Gasteiger partial charge on any atom is 0.341 e. The normalized spacial score (nSPS) is 10.4. The Morgan fingerprint density at radius 2 is 1.64 bits per heavy atom. The van der Waals surface area contributed by atoms with Gasteiger partial charge in [-0.05, 0) is 49.2 Å². The number of nitrogens with one attached hydrogen (secondary N) is 2. The number of aliphatic carboxylic acids is 1. The number of benzene rings is 2. The van der Waals surface area contributed by atoms with Crippen molar-refractivity contribution in [3.63, 3.8) is 0 Å². The Morgan fingerprint density at radius 3 is 2.25 bits per heavy atom. The number of rotatable bonds is 9. The predicted molar refractivity (Wildman–Crippen MR) is 107 cm³/mol. The SMILES string of the molecule is CCC(CC)C(=O)Nc1ccc(C(=O)Nc2cccc(OCC(=O)O)c2)cc1. The molecule has 7 nitrogen and oxygen atoms in total. The van der Waals surface area contributed by atoms with Gasteiger partial charge in [-0.3, -0.25) is 9.59 Å². The zero-order chi connectivity index (χ0) is 20.5. The molecule has 3 N–H and O–H groups in total. The Balaban J connectivity index is 1.98. The molecule has 0 aliphatic heterocycles. The lowest BCUT2D eigenvalue weighted by molar-refractivity contribution is -0.139. The Morgan fingerprint density at radius 1 is 0.964 bits per heavy atom. The fourth-order valence-electron chi connectivity index (χ4n) is 2.62. The lowest BCUT2D eigenvalue weighted by atomic mass is 10.0. The molecule has 0 bridgehead atoms. The maximum atomic E-state index is 12.4. The van der Waals surface area contributed by atoms with E-state index >= 15 is 0 Å². The third-order valence-corrected chi connectivity index (χ3v) is 4.23. The number of hydrogen-bond donors (Lipinski definition) is 3. The molecule has 0 fully saturated rings. The van der Waals surface area contributed by atoms with E-state index in [0.29, 0.717) is 22.7 Å². The van der Waals surface area contributed by atoms with Crippen LogP contribution in [0, 0.1) is 5.92 Å². The molecule has 2 aromatic carbocycles. The highest BCUT2D eigenvalue weighted by Gasteiger charge is 2.14. The molecule has 0 saturated carbocycles. The molecule has 0 saturated heterocycles. The van der Waals surface area contributed by atoms with E-state index in [1.54, 1.807) is 48.5 Å². The van der Waals surface area contributed by atoms with E-state index in [1.165, 1.54) is 0 Å². The van der Waals surface area contributed by atoms with E-state index in [2.05, 4.69) is 10.6 Å². The van der Waals surface area contributed by atoms with Crippen molar-refractivity contribution in [1.82, 2.24) is 0 Å². The van der Waals surface area contributed by atoms with Crippen LogP contribution in [0.2, 0.25) is 0 Å². The van der Waals surface area contributed by atoms with Gasteiger partial charge < -0.3 is 20.5 Å². The summed E-state index contributed by atoms with van der Waals surface area (Å²) in [5, 5.41) is 14.2. The predicted octanol–water partition coefficient (Wildman–Crippen LogP) is 3.78. The summed E-state index contributed by atoms with van der Waals surface area (Å²) in [6, 6.07) is 13.1. The minimum atomic E-state index is -1.08. The maximum absolute atomic E-state index is 12.4. The van der Waals surface area contributed by atoms with Crippen LogP contribution in [0.4, 0.5) is 11.4 Å². The van der Waals surface area contributed by atoms with Crippen molar-refractivity contribution in [3.05, 3.63) is 54.1 Å². The molecule has 2 amide bonds. The van der Waals surface area contributed by atoms with Crippen molar-refractivity contribution >= 4 is 29.2 Å². The van der Waals surface area contributed by atoms with Crippen LogP contribution in [-0.4, -0.2) is 29.5 Å². The van der Waals surface area contributed by atoms with Crippen LogP contribution in [0.3, 0.4) is 0 Å². The van der Waals surface area contributed by atoms with Gasteiger partial charge in [0, 0.05) is 28.9 Å². The molecular weight excluding hydrogens is 360 g/mol. The van der Waals surface area contributed by atoms with E-state index in [1.807, 2.05) is 13.8 Å². The average Bonchev–Trinajstić information content (AvgIpc) is 2.68. The molecule has 0 aliphatic rings. The van der Waals surface area contributed by atoms with Crippen LogP contribution < -0.4 is 15.4 Å². The number of amides is 2. The molecule has 7 heteroatoms. The molecule has 28 heavy (non-hydrogen) atoms. The van der Waals surface area contributed by atoms with Crippen molar-refractivity contribution in [1.29, 1.82) is 0 Å². The number of hydrogen-bond acceptors (Lipinski definition) is 4. The summed E-state index contributed by atoms with van der Waals surface area (Å²) in [5.41, 5.74) is 1.55. The highest BCUT2D eigenvalue weighted by atomic mass is 16.5. The standard InChI is InChI=1S/C21H24N2O5/c1-3-14(4-2)20(26)22-16-10-8-15(9-11-16)21(27)23-17-6-5-7-18(12-17)28-13-19(24)25/h5-12,14H,3-4,13H2,1-2H3,(H,22,26)(H,23,27)(H,24,25). The molecule has 0 unspecified atom stereocenters. The first kappa shape index (κ1) is 21.0. The molecule has 0 heterocycles. The van der Waals surface area contributed by atoms with Crippen LogP contribution >= 0.6 is 0 Å². The Kier molecular flexibility index (Phi) is 7.56. The Labute approximate surface area is 163 Å². The van der Waals surface area contributed by atoms with Gasteiger partial charge in [-0.25, -0.2) is 4.79 Å². The quantitative estimate of drug-likeness (QED) is 0.610. The third-order valence-electron chi connectivity index (χ3n) is 4.23. The minimum Gasteiger partial charge on any atom is -0.482 e. The van der Waals surface area contributed by atoms with E-state index in [4.69, 9.17) is 9.84 Å². The van der Waals surface area contributed by atoms with Crippen LogP contribution in [0.25, 0.3) is 0 Å². The van der Waals surface area contributed by atoms with Crippen molar-refractivity contribution in [2.24, 2.45) is 5.92 Å². The average molecular weight is 384 g/mol. The van der Waals surface area contributed by atoms with Gasteiger partial charge in [0.25, 0.3) is 5.91 Å². The van der Waals surface area contributed by atoms with Crippen LogP contribution in [0.5, 0.6) is 5.75 Å². The molecule has 0 aliphatic carbocycles. The van der Waals surface area contributed by atoms with E-state index in [9.17, 15) is 14.4 Å².